The normalized spacial score (nSPS) is 26.7. The van der Waals surface area contributed by atoms with E-state index in [9.17, 15) is 14.4 Å². The Balaban J connectivity index is 1.53. The fourth-order valence-electron chi connectivity index (χ4n) is 4.40. The zero-order valence-corrected chi connectivity index (χ0v) is 15.4. The fraction of sp³-hybridized carbons (Fsp3) is 0.550. The molecular formula is C20H26N4O3. The topological polar surface area (TPSA) is 95.7 Å². The highest BCUT2D eigenvalue weighted by atomic mass is 16.2. The van der Waals surface area contributed by atoms with Crippen molar-refractivity contribution in [2.45, 2.75) is 57.3 Å². The summed E-state index contributed by atoms with van der Waals surface area (Å²) in [6.45, 7) is 3.09. The van der Waals surface area contributed by atoms with Gasteiger partial charge in [0.2, 0.25) is 11.8 Å². The third kappa shape index (κ3) is 3.61. The molecule has 2 unspecified atom stereocenters. The first kappa shape index (κ1) is 18.1. The van der Waals surface area contributed by atoms with Crippen molar-refractivity contribution in [1.29, 1.82) is 0 Å². The van der Waals surface area contributed by atoms with Crippen LogP contribution in [0.3, 0.4) is 0 Å². The van der Waals surface area contributed by atoms with Gasteiger partial charge in [-0.2, -0.15) is 0 Å². The lowest BCUT2D eigenvalue weighted by molar-refractivity contribution is -0.136. The van der Waals surface area contributed by atoms with E-state index in [1.165, 1.54) is 0 Å². The minimum atomic E-state index is -0.563. The molecule has 2 fully saturated rings. The van der Waals surface area contributed by atoms with Gasteiger partial charge in [0.1, 0.15) is 6.04 Å². The molecule has 0 bridgehead atoms. The standard InChI is InChI=1S/C20H26N4O3/c21-15-5-2-9-23(10-8-15)11-13-3-1-4-14-12-24(20(27)18(13)14)16-6-7-17(25)22-19(16)26/h1,3-4,15-16H,2,5-12,21H2,(H,22,25,26). The number of fused-ring (bicyclic) bond motifs is 1. The second-order valence-electron chi connectivity index (χ2n) is 7.82. The van der Waals surface area contributed by atoms with Crippen LogP contribution in [0.2, 0.25) is 0 Å². The molecule has 3 amide bonds. The van der Waals surface area contributed by atoms with Gasteiger partial charge in [-0.1, -0.05) is 18.2 Å². The van der Waals surface area contributed by atoms with Gasteiger partial charge >= 0.3 is 0 Å². The number of nitrogens with zero attached hydrogens (tertiary/aromatic N) is 2. The van der Waals surface area contributed by atoms with E-state index < -0.39 is 6.04 Å². The first-order valence-electron chi connectivity index (χ1n) is 9.76. The Morgan fingerprint density at radius 3 is 2.78 bits per heavy atom. The van der Waals surface area contributed by atoms with Gasteiger partial charge in [0, 0.05) is 31.1 Å². The molecule has 1 aromatic carbocycles. The van der Waals surface area contributed by atoms with Gasteiger partial charge in [-0.15, -0.1) is 0 Å². The molecule has 2 atom stereocenters. The number of hydrogen-bond donors (Lipinski definition) is 2. The van der Waals surface area contributed by atoms with E-state index in [1.54, 1.807) is 4.90 Å². The maximum Gasteiger partial charge on any atom is 0.255 e. The zero-order valence-electron chi connectivity index (χ0n) is 15.4. The molecule has 3 N–H and O–H groups in total. The molecule has 3 aliphatic rings. The van der Waals surface area contributed by atoms with Crippen LogP contribution in [0.15, 0.2) is 18.2 Å². The fourth-order valence-corrected chi connectivity index (χ4v) is 4.40. The molecule has 0 spiro atoms. The van der Waals surface area contributed by atoms with Crippen molar-refractivity contribution < 1.29 is 14.4 Å². The summed E-state index contributed by atoms with van der Waals surface area (Å²) >= 11 is 0. The molecule has 0 aromatic heterocycles. The van der Waals surface area contributed by atoms with Crippen LogP contribution < -0.4 is 11.1 Å². The average Bonchev–Trinajstić information content (AvgIpc) is 2.83. The predicted octanol–water partition coefficient (Wildman–Crippen LogP) is 0.761. The lowest BCUT2D eigenvalue weighted by Crippen LogP contribution is -2.52. The molecule has 3 heterocycles. The molecule has 0 saturated carbocycles. The van der Waals surface area contributed by atoms with Crippen LogP contribution in [0, 0.1) is 0 Å². The minimum Gasteiger partial charge on any atom is -0.328 e. The maximum atomic E-state index is 13.1. The minimum absolute atomic E-state index is 0.0957. The second-order valence-corrected chi connectivity index (χ2v) is 7.82. The van der Waals surface area contributed by atoms with Crippen LogP contribution in [0.4, 0.5) is 0 Å². The highest BCUT2D eigenvalue weighted by Gasteiger charge is 2.40. The molecule has 3 aliphatic heterocycles. The van der Waals surface area contributed by atoms with Crippen LogP contribution in [-0.2, 0) is 22.7 Å². The van der Waals surface area contributed by atoms with Crippen molar-refractivity contribution >= 4 is 17.7 Å². The summed E-state index contributed by atoms with van der Waals surface area (Å²) in [6.07, 6.45) is 3.77. The monoisotopic (exact) mass is 370 g/mol. The smallest absolute Gasteiger partial charge is 0.255 e. The summed E-state index contributed by atoms with van der Waals surface area (Å²) in [6, 6.07) is 5.66. The number of hydrogen-bond acceptors (Lipinski definition) is 5. The Hall–Kier alpha value is -2.25. The number of likely N-dealkylation sites (tertiary alicyclic amines) is 1. The number of amides is 3. The van der Waals surface area contributed by atoms with E-state index in [0.717, 1.165) is 55.6 Å². The number of nitrogens with two attached hydrogens (primary N) is 1. The Morgan fingerprint density at radius 2 is 1.96 bits per heavy atom. The first-order valence-corrected chi connectivity index (χ1v) is 9.76. The van der Waals surface area contributed by atoms with E-state index in [-0.39, 0.29) is 30.2 Å². The van der Waals surface area contributed by atoms with Crippen LogP contribution in [0.1, 0.15) is 53.6 Å². The Kier molecular flexibility index (Phi) is 4.97. The van der Waals surface area contributed by atoms with Crippen LogP contribution in [0.25, 0.3) is 0 Å². The van der Waals surface area contributed by atoms with E-state index in [0.29, 0.717) is 13.0 Å². The Morgan fingerprint density at radius 1 is 1.11 bits per heavy atom. The van der Waals surface area contributed by atoms with Crippen LogP contribution >= 0.6 is 0 Å². The lowest BCUT2D eigenvalue weighted by atomic mass is 10.0. The average molecular weight is 370 g/mol. The molecule has 0 radical (unpaired) electrons. The van der Waals surface area contributed by atoms with Crippen LogP contribution in [0.5, 0.6) is 0 Å². The summed E-state index contributed by atoms with van der Waals surface area (Å²) < 4.78 is 0. The van der Waals surface area contributed by atoms with E-state index in [2.05, 4.69) is 10.2 Å². The number of carbonyl (C=O) groups excluding carboxylic acids is 3. The van der Waals surface area contributed by atoms with Gasteiger partial charge in [0.15, 0.2) is 0 Å². The van der Waals surface area contributed by atoms with E-state index in [1.807, 2.05) is 18.2 Å². The SMILES string of the molecule is NC1CCCN(Cc2cccc3c2C(=O)N(C2CCC(=O)NC2=O)C3)CC1. The van der Waals surface area contributed by atoms with Gasteiger partial charge < -0.3 is 10.6 Å². The number of rotatable bonds is 3. The van der Waals surface area contributed by atoms with Gasteiger partial charge in [0.25, 0.3) is 5.91 Å². The Bertz CT molecular complexity index is 778. The highest BCUT2D eigenvalue weighted by molar-refractivity contribution is 6.05. The first-order chi connectivity index (χ1) is 13.0. The van der Waals surface area contributed by atoms with Crippen molar-refractivity contribution in [2.75, 3.05) is 13.1 Å². The second kappa shape index (κ2) is 7.40. The summed E-state index contributed by atoms with van der Waals surface area (Å²) in [5.74, 6) is -0.724. The number of imide groups is 1. The van der Waals surface area contributed by atoms with Gasteiger partial charge in [-0.3, -0.25) is 24.6 Å². The van der Waals surface area contributed by atoms with E-state index in [4.69, 9.17) is 5.73 Å². The largest absolute Gasteiger partial charge is 0.328 e. The molecule has 2 saturated heterocycles. The van der Waals surface area contributed by atoms with Gasteiger partial charge in [-0.05, 0) is 49.9 Å². The number of nitrogens with one attached hydrogen (secondary N) is 1. The van der Waals surface area contributed by atoms with Crippen molar-refractivity contribution in [3.63, 3.8) is 0 Å². The summed E-state index contributed by atoms with van der Waals surface area (Å²) in [7, 11) is 0. The summed E-state index contributed by atoms with van der Waals surface area (Å²) in [4.78, 5) is 40.7. The molecule has 7 heteroatoms. The van der Waals surface area contributed by atoms with Crippen LogP contribution in [-0.4, -0.2) is 52.7 Å². The molecule has 1 aromatic rings. The van der Waals surface area contributed by atoms with Crippen molar-refractivity contribution in [1.82, 2.24) is 15.1 Å². The van der Waals surface area contributed by atoms with E-state index >= 15 is 0 Å². The molecule has 27 heavy (non-hydrogen) atoms. The molecule has 7 nitrogen and oxygen atoms in total. The maximum absolute atomic E-state index is 13.1. The number of carbonyl (C=O) groups is 3. The molecule has 0 aliphatic carbocycles. The number of benzene rings is 1. The number of piperidine rings is 1. The molecule has 144 valence electrons. The molecule has 4 rings (SSSR count). The zero-order chi connectivity index (χ0) is 19.0. The Labute approximate surface area is 158 Å². The van der Waals surface area contributed by atoms with Crippen molar-refractivity contribution in [3.05, 3.63) is 34.9 Å². The van der Waals surface area contributed by atoms with Gasteiger partial charge in [0.05, 0.1) is 0 Å². The quantitative estimate of drug-likeness (QED) is 0.766. The summed E-state index contributed by atoms with van der Waals surface area (Å²) in [5, 5.41) is 2.35. The van der Waals surface area contributed by atoms with Crippen molar-refractivity contribution in [2.24, 2.45) is 5.73 Å². The summed E-state index contributed by atoms with van der Waals surface area (Å²) in [5.41, 5.74) is 8.79. The predicted molar refractivity (Wildman–Crippen MR) is 99.6 cm³/mol. The third-order valence-corrected chi connectivity index (χ3v) is 5.90. The molecular weight excluding hydrogens is 344 g/mol. The third-order valence-electron chi connectivity index (χ3n) is 5.90. The van der Waals surface area contributed by atoms with Crippen molar-refractivity contribution in [3.8, 4) is 0 Å². The van der Waals surface area contributed by atoms with Gasteiger partial charge in [-0.25, -0.2) is 0 Å². The lowest BCUT2D eigenvalue weighted by Gasteiger charge is -2.29. The highest BCUT2D eigenvalue weighted by Crippen LogP contribution is 2.30.